The predicted octanol–water partition coefficient (Wildman–Crippen LogP) is 5.27. The molecule has 0 spiro atoms. The molecule has 1 N–H and O–H groups in total. The molecule has 180 valence electrons. The van der Waals surface area contributed by atoms with Gasteiger partial charge in [0.2, 0.25) is 5.91 Å². The highest BCUT2D eigenvalue weighted by atomic mass is 32.2. The SMILES string of the molecule is CSc1ccc(CNC(=O)C2CCN(c3cc(C)nc4cc(-c5ccc(C)cc5)nn34)CC2)cc1. The Labute approximate surface area is 210 Å². The Kier molecular flexibility index (Phi) is 6.77. The Morgan fingerprint density at radius 2 is 1.74 bits per heavy atom. The first kappa shape index (κ1) is 23.4. The molecule has 6 nitrogen and oxygen atoms in total. The summed E-state index contributed by atoms with van der Waals surface area (Å²) >= 11 is 1.72. The first-order chi connectivity index (χ1) is 17.0. The van der Waals surface area contributed by atoms with E-state index in [9.17, 15) is 4.79 Å². The number of hydrogen-bond acceptors (Lipinski definition) is 5. The molecule has 1 aliphatic rings. The summed E-state index contributed by atoms with van der Waals surface area (Å²) in [7, 11) is 0. The summed E-state index contributed by atoms with van der Waals surface area (Å²) in [5.41, 5.74) is 6.18. The van der Waals surface area contributed by atoms with Crippen molar-refractivity contribution in [3.05, 3.63) is 77.5 Å². The molecule has 0 bridgehead atoms. The lowest BCUT2D eigenvalue weighted by atomic mass is 9.95. The van der Waals surface area contributed by atoms with Crippen LogP contribution in [-0.4, -0.2) is 39.9 Å². The molecule has 0 atom stereocenters. The maximum atomic E-state index is 12.8. The summed E-state index contributed by atoms with van der Waals surface area (Å²) in [5.74, 6) is 1.23. The summed E-state index contributed by atoms with van der Waals surface area (Å²) in [6, 6.07) is 20.9. The molecule has 1 saturated heterocycles. The number of aryl methyl sites for hydroxylation is 2. The molecule has 1 fully saturated rings. The van der Waals surface area contributed by atoms with Crippen LogP contribution in [0.1, 0.15) is 29.7 Å². The van der Waals surface area contributed by atoms with Crippen molar-refractivity contribution in [3.63, 3.8) is 0 Å². The molecule has 0 radical (unpaired) electrons. The zero-order valence-electron chi connectivity index (χ0n) is 20.5. The topological polar surface area (TPSA) is 62.5 Å². The Bertz CT molecular complexity index is 1320. The molecular weight excluding hydrogens is 454 g/mol. The van der Waals surface area contributed by atoms with E-state index in [-0.39, 0.29) is 11.8 Å². The van der Waals surface area contributed by atoms with Crippen molar-refractivity contribution in [2.24, 2.45) is 5.92 Å². The molecule has 7 heteroatoms. The van der Waals surface area contributed by atoms with Gasteiger partial charge in [-0.2, -0.15) is 9.61 Å². The number of rotatable bonds is 6. The Morgan fingerprint density at radius 3 is 2.43 bits per heavy atom. The van der Waals surface area contributed by atoms with Gasteiger partial charge in [0.1, 0.15) is 5.82 Å². The van der Waals surface area contributed by atoms with E-state index in [1.54, 1.807) is 11.8 Å². The van der Waals surface area contributed by atoms with E-state index in [1.807, 2.05) is 17.5 Å². The molecule has 4 aromatic rings. The van der Waals surface area contributed by atoms with Crippen LogP contribution in [0.5, 0.6) is 0 Å². The third-order valence-electron chi connectivity index (χ3n) is 6.70. The van der Waals surface area contributed by atoms with Crippen LogP contribution in [0.15, 0.2) is 65.6 Å². The van der Waals surface area contributed by atoms with Crippen LogP contribution in [0.25, 0.3) is 16.9 Å². The van der Waals surface area contributed by atoms with Crippen molar-refractivity contribution >= 4 is 29.1 Å². The number of anilines is 1. The quantitative estimate of drug-likeness (QED) is 0.377. The lowest BCUT2D eigenvalue weighted by molar-refractivity contribution is -0.125. The van der Waals surface area contributed by atoms with Gasteiger partial charge in [0.15, 0.2) is 5.65 Å². The monoisotopic (exact) mass is 485 g/mol. The van der Waals surface area contributed by atoms with Gasteiger partial charge in [-0.25, -0.2) is 4.98 Å². The minimum Gasteiger partial charge on any atom is -0.356 e. The first-order valence-corrected chi connectivity index (χ1v) is 13.3. The molecule has 35 heavy (non-hydrogen) atoms. The van der Waals surface area contributed by atoms with Crippen molar-refractivity contribution in [2.45, 2.75) is 38.1 Å². The largest absolute Gasteiger partial charge is 0.356 e. The van der Waals surface area contributed by atoms with Crippen LogP contribution >= 0.6 is 11.8 Å². The van der Waals surface area contributed by atoms with Gasteiger partial charge >= 0.3 is 0 Å². The van der Waals surface area contributed by atoms with E-state index in [0.717, 1.165) is 59.9 Å². The number of fused-ring (bicyclic) bond motifs is 1. The number of nitrogens with zero attached hydrogens (tertiary/aromatic N) is 4. The maximum Gasteiger partial charge on any atom is 0.223 e. The molecule has 2 aromatic heterocycles. The summed E-state index contributed by atoms with van der Waals surface area (Å²) in [4.78, 5) is 21.1. The third-order valence-corrected chi connectivity index (χ3v) is 7.44. The molecule has 1 amide bonds. The van der Waals surface area contributed by atoms with Crippen molar-refractivity contribution < 1.29 is 4.79 Å². The predicted molar refractivity (Wildman–Crippen MR) is 143 cm³/mol. The van der Waals surface area contributed by atoms with Gasteiger partial charge in [-0.3, -0.25) is 4.79 Å². The number of piperidine rings is 1. The van der Waals surface area contributed by atoms with Crippen molar-refractivity contribution in [3.8, 4) is 11.3 Å². The number of benzene rings is 2. The number of carbonyl (C=O) groups is 1. The number of carbonyl (C=O) groups excluding carboxylic acids is 1. The molecule has 5 rings (SSSR count). The van der Waals surface area contributed by atoms with Crippen molar-refractivity contribution in [1.29, 1.82) is 0 Å². The van der Waals surface area contributed by atoms with Crippen molar-refractivity contribution in [1.82, 2.24) is 19.9 Å². The highest BCUT2D eigenvalue weighted by molar-refractivity contribution is 7.98. The summed E-state index contributed by atoms with van der Waals surface area (Å²) in [6.45, 7) is 6.32. The molecule has 0 saturated carbocycles. The zero-order chi connectivity index (χ0) is 24.4. The first-order valence-electron chi connectivity index (χ1n) is 12.1. The third kappa shape index (κ3) is 5.20. The second kappa shape index (κ2) is 10.1. The second-order valence-electron chi connectivity index (χ2n) is 9.25. The summed E-state index contributed by atoms with van der Waals surface area (Å²) in [5, 5.41) is 8.02. The van der Waals surface area contributed by atoms with Crippen LogP contribution in [0.3, 0.4) is 0 Å². The van der Waals surface area contributed by atoms with Gasteiger partial charge in [-0.1, -0.05) is 42.0 Å². The van der Waals surface area contributed by atoms with Gasteiger partial charge in [0.05, 0.1) is 5.69 Å². The minimum absolute atomic E-state index is 0.0379. The Hall–Kier alpha value is -3.32. The van der Waals surface area contributed by atoms with Crippen molar-refractivity contribution in [2.75, 3.05) is 24.2 Å². The minimum atomic E-state index is 0.0379. The zero-order valence-corrected chi connectivity index (χ0v) is 21.3. The summed E-state index contributed by atoms with van der Waals surface area (Å²) < 4.78 is 1.95. The standard InChI is InChI=1S/C28H31N5OS/c1-19-4-8-22(9-5-19)25-17-26-30-20(2)16-27(33(26)31-25)32-14-12-23(13-15-32)28(34)29-18-21-6-10-24(35-3)11-7-21/h4-11,16-17,23H,12-15,18H2,1-3H3,(H,29,34). The number of amides is 1. The average molecular weight is 486 g/mol. The lowest BCUT2D eigenvalue weighted by Gasteiger charge is -2.33. The maximum absolute atomic E-state index is 12.8. The lowest BCUT2D eigenvalue weighted by Crippen LogP contribution is -2.41. The molecule has 0 aliphatic carbocycles. The molecule has 2 aromatic carbocycles. The number of nitrogens with one attached hydrogen (secondary N) is 1. The molecular formula is C28H31N5OS. The van der Waals surface area contributed by atoms with Gasteiger partial charge < -0.3 is 10.2 Å². The van der Waals surface area contributed by atoms with Gasteiger partial charge in [0.25, 0.3) is 0 Å². The number of aromatic nitrogens is 3. The van der Waals surface area contributed by atoms with E-state index in [4.69, 9.17) is 10.1 Å². The molecule has 1 aliphatic heterocycles. The van der Waals surface area contributed by atoms with Gasteiger partial charge in [-0.15, -0.1) is 11.8 Å². The molecule has 3 heterocycles. The van der Waals surface area contributed by atoms with E-state index >= 15 is 0 Å². The van der Waals surface area contributed by atoms with E-state index in [0.29, 0.717) is 6.54 Å². The van der Waals surface area contributed by atoms with Gasteiger partial charge in [-0.05, 0) is 50.6 Å². The van der Waals surface area contributed by atoms with E-state index in [2.05, 4.69) is 78.0 Å². The highest BCUT2D eigenvalue weighted by Gasteiger charge is 2.26. The fraction of sp³-hybridized carbons (Fsp3) is 0.321. The highest BCUT2D eigenvalue weighted by Crippen LogP contribution is 2.27. The van der Waals surface area contributed by atoms with Gasteiger partial charge in [0, 0.05) is 53.8 Å². The Morgan fingerprint density at radius 1 is 1.03 bits per heavy atom. The normalized spacial score (nSPS) is 14.4. The molecule has 0 unspecified atom stereocenters. The summed E-state index contributed by atoms with van der Waals surface area (Å²) in [6.07, 6.45) is 3.72. The number of thioether (sulfide) groups is 1. The van der Waals surface area contributed by atoms with Crippen LogP contribution < -0.4 is 10.2 Å². The number of hydrogen-bond donors (Lipinski definition) is 1. The van der Waals surface area contributed by atoms with Crippen LogP contribution in [0.2, 0.25) is 0 Å². The van der Waals surface area contributed by atoms with Crippen LogP contribution in [0.4, 0.5) is 5.82 Å². The van der Waals surface area contributed by atoms with Crippen LogP contribution in [0, 0.1) is 19.8 Å². The fourth-order valence-electron chi connectivity index (χ4n) is 4.62. The van der Waals surface area contributed by atoms with E-state index < -0.39 is 0 Å². The fourth-order valence-corrected chi connectivity index (χ4v) is 5.03. The van der Waals surface area contributed by atoms with E-state index in [1.165, 1.54) is 10.5 Å². The Balaban J connectivity index is 1.26. The van der Waals surface area contributed by atoms with Crippen LogP contribution in [-0.2, 0) is 11.3 Å². The second-order valence-corrected chi connectivity index (χ2v) is 10.1. The smallest absolute Gasteiger partial charge is 0.223 e. The average Bonchev–Trinajstić information content (AvgIpc) is 3.31.